The molecule has 0 aromatic heterocycles. The van der Waals surface area contributed by atoms with Crippen LogP contribution in [0.5, 0.6) is 0 Å². The average Bonchev–Trinajstić information content (AvgIpc) is 3.08. The Bertz CT molecular complexity index is 1700. The molecule has 12 rings (SSSR count). The average molecular weight is 829 g/mol. The molecule has 12 aliphatic rings. The number of hydrogen-bond donors (Lipinski definition) is 10. The van der Waals surface area contributed by atoms with E-state index >= 15 is 0 Å². The van der Waals surface area contributed by atoms with Gasteiger partial charge in [0.25, 0.3) is 0 Å². The summed E-state index contributed by atoms with van der Waals surface area (Å²) in [5.74, 6) is 0.521. The van der Waals surface area contributed by atoms with Crippen LogP contribution < -0.4 is 11.0 Å². The van der Waals surface area contributed by atoms with E-state index in [0.717, 1.165) is 83.5 Å². The molecule has 59 heavy (non-hydrogen) atoms. The number of hydrogen-bond acceptors (Lipinski definition) is 14. The van der Waals surface area contributed by atoms with Crippen LogP contribution in [0.3, 0.4) is 0 Å². The van der Waals surface area contributed by atoms with E-state index in [1.807, 2.05) is 0 Å². The molecule has 11 N–H and O–H groups in total. The molecular weight excluding hydrogens is 770 g/mol. The molecule has 12 aliphatic carbocycles. The molecule has 0 radical (unpaired) electrons. The summed E-state index contributed by atoms with van der Waals surface area (Å²) in [5, 5.41) is 78.8. The van der Waals surface area contributed by atoms with Gasteiger partial charge in [-0.05, 0) is 169 Å². The van der Waals surface area contributed by atoms with Gasteiger partial charge in [-0.25, -0.2) is 4.79 Å². The number of aliphatic hydroxyl groups is 4. The molecule has 12 bridgehead atoms. The zero-order valence-electron chi connectivity index (χ0n) is 33.5. The van der Waals surface area contributed by atoms with Gasteiger partial charge in [0, 0.05) is 5.41 Å². The van der Waals surface area contributed by atoms with Crippen molar-refractivity contribution in [1.29, 1.82) is 0 Å². The maximum absolute atomic E-state index is 11.8. The van der Waals surface area contributed by atoms with Gasteiger partial charge in [-0.1, -0.05) is 0 Å². The summed E-state index contributed by atoms with van der Waals surface area (Å²) in [6.45, 7) is 1.55. The maximum Gasteiger partial charge on any atom is 0.373 e. The monoisotopic (exact) mass is 828 g/mol. The molecule has 0 aliphatic heterocycles. The summed E-state index contributed by atoms with van der Waals surface area (Å²) in [4.78, 5) is 61.7. The van der Waals surface area contributed by atoms with Gasteiger partial charge in [-0.2, -0.15) is 9.59 Å². The van der Waals surface area contributed by atoms with E-state index in [1.54, 1.807) is 12.6 Å². The van der Waals surface area contributed by atoms with Gasteiger partial charge in [-0.3, -0.25) is 14.4 Å². The van der Waals surface area contributed by atoms with Crippen molar-refractivity contribution in [2.75, 3.05) is 0 Å². The minimum Gasteiger partial charge on any atom is -0.475 e. The quantitative estimate of drug-likeness (QED) is 0.0924. The summed E-state index contributed by atoms with van der Waals surface area (Å²) < 4.78 is 9.07. The number of aliphatic hydroxyl groups excluding tert-OH is 1. The fraction of sp³-hybridized carbons (Fsp3) is 0.825. The van der Waals surface area contributed by atoms with Crippen molar-refractivity contribution < 1.29 is 74.2 Å². The van der Waals surface area contributed by atoms with E-state index in [0.29, 0.717) is 74.8 Å². The molecule has 0 aromatic rings. The van der Waals surface area contributed by atoms with Gasteiger partial charge in [0.15, 0.2) is 0 Å². The minimum atomic E-state index is -1.33. The van der Waals surface area contributed by atoms with Crippen molar-refractivity contribution in [3.63, 3.8) is 0 Å². The Labute approximate surface area is 343 Å². The van der Waals surface area contributed by atoms with Crippen LogP contribution in [0, 0.1) is 63.7 Å². The van der Waals surface area contributed by atoms with Crippen molar-refractivity contribution in [2.24, 2.45) is 57.5 Å². The van der Waals surface area contributed by atoms with Gasteiger partial charge in [-0.15, -0.1) is 0 Å². The largest absolute Gasteiger partial charge is 0.475 e. The van der Waals surface area contributed by atoms with Crippen LogP contribution in [0.4, 0.5) is 0 Å². The zero-order chi connectivity index (χ0) is 43.8. The van der Waals surface area contributed by atoms with E-state index in [1.165, 1.54) is 6.11 Å². The first-order valence-electron chi connectivity index (χ1n) is 20.7. The first kappa shape index (κ1) is 46.6. The van der Waals surface area contributed by atoms with Crippen LogP contribution in [-0.4, -0.2) is 114 Å². The van der Waals surface area contributed by atoms with Crippen LogP contribution >= 0.6 is 0 Å². The smallest absolute Gasteiger partial charge is 0.373 e. The summed E-state index contributed by atoms with van der Waals surface area (Å²) >= 11 is 0. The predicted octanol–water partition coefficient (Wildman–Crippen LogP) is 0.915. The van der Waals surface area contributed by atoms with Crippen molar-refractivity contribution in [3.05, 3.63) is 0 Å². The second-order valence-electron chi connectivity index (χ2n) is 20.1. The molecule has 0 aromatic carbocycles. The van der Waals surface area contributed by atoms with Crippen LogP contribution in [0.25, 0.3) is 0 Å². The first-order chi connectivity index (χ1) is 27.5. The van der Waals surface area contributed by atoms with Crippen molar-refractivity contribution in [2.45, 2.75) is 151 Å². The molecule has 12 saturated carbocycles. The Hall–Kier alpha value is -3.49. The zero-order valence-corrected chi connectivity index (χ0v) is 33.5. The van der Waals surface area contributed by atoms with Crippen molar-refractivity contribution in [1.82, 2.24) is 5.23 Å². The molecule has 0 heterocycles. The summed E-state index contributed by atoms with van der Waals surface area (Å²) in [6, 6.07) is -1.56. The number of carboxylic acid groups (broad SMARTS) is 3. The van der Waals surface area contributed by atoms with Gasteiger partial charge < -0.3 is 46.6 Å². The Morgan fingerprint density at radius 2 is 1.05 bits per heavy atom. The third-order valence-electron chi connectivity index (χ3n) is 15.2. The first-order valence-corrected chi connectivity index (χ1v) is 20.7. The SMILES string of the molecule is CB(O)N[C@H](C(=O)O)C12CC3CC(CC(O)(C3)C1)C2.N[C@H](C(=O)O)C12CC3CC(CC(O)(C3)C1)C2.O=BC#CO.O=C(O)C(=O)C12CC3CC(CC(O)(C3)C1)C2.O=C=O. The summed E-state index contributed by atoms with van der Waals surface area (Å²) in [5.41, 5.74) is 2.37. The van der Waals surface area contributed by atoms with Crippen LogP contribution in [0.15, 0.2) is 0 Å². The molecule has 324 valence electrons. The van der Waals surface area contributed by atoms with Gasteiger partial charge in [0.2, 0.25) is 5.78 Å². The van der Waals surface area contributed by atoms with E-state index < -0.39 is 65.0 Å². The minimum absolute atomic E-state index is 0.250. The third kappa shape index (κ3) is 10.0. The summed E-state index contributed by atoms with van der Waals surface area (Å²) in [6.07, 6.45) is 16.3. The van der Waals surface area contributed by atoms with Crippen LogP contribution in [-0.2, 0) is 33.5 Å². The van der Waals surface area contributed by atoms with E-state index in [4.69, 9.17) is 35.3 Å². The molecule has 12 fully saturated rings. The fourth-order valence-corrected chi connectivity index (χ4v) is 15.0. The van der Waals surface area contributed by atoms with Gasteiger partial charge in [0.1, 0.15) is 12.1 Å². The Kier molecular flexibility index (Phi) is 13.8. The molecule has 17 nitrogen and oxygen atoms in total. The number of aliphatic carboxylic acids is 3. The second-order valence-corrected chi connectivity index (χ2v) is 20.1. The molecule has 0 spiro atoms. The van der Waals surface area contributed by atoms with E-state index in [2.05, 4.69) is 5.23 Å². The number of carbonyl (C=O) groups is 4. The Morgan fingerprint density at radius 3 is 1.34 bits per heavy atom. The topological polar surface area (TPSA) is 319 Å². The molecule has 8 atom stereocenters. The second kappa shape index (κ2) is 17.5. The Balaban J connectivity index is 0.000000155. The van der Waals surface area contributed by atoms with Gasteiger partial charge in [0.05, 0.1) is 16.8 Å². The van der Waals surface area contributed by atoms with Crippen molar-refractivity contribution in [3.8, 4) is 11.9 Å². The molecule has 0 saturated heterocycles. The third-order valence-corrected chi connectivity index (χ3v) is 15.2. The number of nitrogens with two attached hydrogens (primary N) is 1. The van der Waals surface area contributed by atoms with E-state index in [9.17, 15) is 44.6 Å². The molecule has 19 heteroatoms. The normalized spacial score (nSPS) is 42.3. The van der Waals surface area contributed by atoms with E-state index in [-0.39, 0.29) is 17.0 Å². The van der Waals surface area contributed by atoms with Crippen LogP contribution in [0.1, 0.15) is 116 Å². The number of nitrogens with one attached hydrogen (secondary N) is 1. The Morgan fingerprint density at radius 1 is 0.678 bits per heavy atom. The number of carboxylic acids is 3. The molecular formula is C40H58B2N2O15. The predicted molar refractivity (Wildman–Crippen MR) is 204 cm³/mol. The number of ketones is 1. The van der Waals surface area contributed by atoms with Crippen molar-refractivity contribution >= 4 is 44.0 Å². The maximum atomic E-state index is 11.8. The van der Waals surface area contributed by atoms with Crippen LogP contribution in [0.2, 0.25) is 6.82 Å². The summed E-state index contributed by atoms with van der Waals surface area (Å²) in [7, 11) is -0.524. The number of Topliss-reactive ketones (excluding diaryl/α,β-unsaturated/α-hetero) is 1. The van der Waals surface area contributed by atoms with Gasteiger partial charge >= 0.3 is 60.0 Å². The number of carbonyl (C=O) groups excluding carboxylic acids is 3. The standard InChI is InChI=1S/C13H22BNO4.C12H19NO3.C12H16O4.C2HBO2.CO2/c1-14(19)15-10(11(16)17)12-3-8-2-9(4-12)6-13(18,5-8)7-12;2*13-9(10(14)15)11-2-7-1-8(3-11)5-12(16,4-7)6-11;4-2-1-3-5;2-1-3/h8-10,15,18-19H,2-7H2,1H3,(H,16,17);7-9,16H,1-6,13H2,(H,14,15);7-8,16H,1-6H2,(H,14,15);4H;/t8?,9?,10-,12?,13?;7?,8?,9-,11?,12?;;;/m11.../s1. The molecule has 6 unspecified atom stereocenters. The molecule has 0 amide bonds. The number of rotatable bonds is 8. The fourth-order valence-electron chi connectivity index (χ4n) is 15.0.